The number of hydrogen-bond donors (Lipinski definition) is 0. The van der Waals surface area contributed by atoms with Crippen LogP contribution in [-0.2, 0) is 0 Å². The maximum atomic E-state index is 6.90. The molecule has 9 heteroatoms. The fourth-order valence-electron chi connectivity index (χ4n) is 7.78. The lowest BCUT2D eigenvalue weighted by Gasteiger charge is -2.29. The van der Waals surface area contributed by atoms with Gasteiger partial charge in [-0.2, -0.15) is 0 Å². The third-order valence-electron chi connectivity index (χ3n) is 11.1. The predicted octanol–water partition coefficient (Wildman–Crippen LogP) is 14.6. The molecule has 0 radical (unpaired) electrons. The summed E-state index contributed by atoms with van der Waals surface area (Å²) in [6, 6.07) is 73.3. The molecule has 10 aromatic rings. The number of benzene rings is 10. The summed E-state index contributed by atoms with van der Waals surface area (Å²) in [5.41, 5.74) is 0. The van der Waals surface area contributed by atoms with Crippen LogP contribution in [0.2, 0.25) is 13.1 Å². The zero-order valence-corrected chi connectivity index (χ0v) is 37.4. The molecule has 0 aliphatic heterocycles. The van der Waals surface area contributed by atoms with E-state index >= 15 is 0 Å². The maximum absolute atomic E-state index is 6.90. The molecule has 0 saturated carbocycles. The van der Waals surface area contributed by atoms with Gasteiger partial charge in [0.05, 0.1) is 0 Å². The molecule has 0 amide bonds. The Kier molecular flexibility index (Phi) is 11.4. The van der Waals surface area contributed by atoms with Gasteiger partial charge >= 0.3 is 17.2 Å². The van der Waals surface area contributed by atoms with Gasteiger partial charge in [0.25, 0.3) is 0 Å². The lowest BCUT2D eigenvalue weighted by Crippen LogP contribution is -2.53. The molecule has 0 saturated heterocycles. The summed E-state index contributed by atoms with van der Waals surface area (Å²) in [5.74, 6) is 3.97. The standard InChI is InChI=1S/C54H42O6P2Si/c1-63(2,53-25-13-11-23-51(53)59-61(55-47-31-27-39-15-3-7-19-43(39)35-47)56-48-32-28-40-16-4-8-20-44(40)36-48)54-26-14-12-24-52(54)60-62(57-49-33-29-41-17-5-9-21-45(41)37-49)58-50-34-30-42-18-6-10-22-46(42)38-50/h3-38H,1-2H3. The van der Waals surface area contributed by atoms with Gasteiger partial charge in [0, 0.05) is 0 Å². The van der Waals surface area contributed by atoms with Crippen molar-refractivity contribution in [2.75, 3.05) is 0 Å². The summed E-state index contributed by atoms with van der Waals surface area (Å²) >= 11 is 0. The molecule has 0 aromatic heterocycles. The lowest BCUT2D eigenvalue weighted by molar-refractivity contribution is 0.389. The van der Waals surface area contributed by atoms with E-state index in [-0.39, 0.29) is 0 Å². The van der Waals surface area contributed by atoms with Gasteiger partial charge in [0.15, 0.2) is 0 Å². The van der Waals surface area contributed by atoms with Crippen molar-refractivity contribution in [1.29, 1.82) is 0 Å². The van der Waals surface area contributed by atoms with Gasteiger partial charge in [-0.05, 0) is 114 Å². The maximum Gasteiger partial charge on any atom is 0.530 e. The minimum Gasteiger partial charge on any atom is -0.409 e. The van der Waals surface area contributed by atoms with Crippen molar-refractivity contribution in [1.82, 2.24) is 0 Å². The van der Waals surface area contributed by atoms with E-state index in [2.05, 4.69) is 110 Å². The molecule has 0 unspecified atom stereocenters. The Morgan fingerprint density at radius 3 is 0.825 bits per heavy atom. The molecular weight excluding hydrogens is 835 g/mol. The Bertz CT molecular complexity index is 2850. The minimum atomic E-state index is -2.64. The monoisotopic (exact) mass is 876 g/mol. The zero-order valence-electron chi connectivity index (χ0n) is 34.6. The molecule has 0 aliphatic carbocycles. The summed E-state index contributed by atoms with van der Waals surface area (Å²) in [6.07, 6.45) is 0. The fraction of sp³-hybridized carbons (Fsp3) is 0.0370. The quantitative estimate of drug-likeness (QED) is 0.0801. The van der Waals surface area contributed by atoms with Crippen molar-refractivity contribution in [2.45, 2.75) is 13.1 Å². The van der Waals surface area contributed by atoms with Crippen molar-refractivity contribution < 1.29 is 27.1 Å². The smallest absolute Gasteiger partial charge is 0.409 e. The Balaban J connectivity index is 0.980. The second-order valence-corrected chi connectivity index (χ2v) is 22.0. The van der Waals surface area contributed by atoms with Crippen molar-refractivity contribution in [3.63, 3.8) is 0 Å². The van der Waals surface area contributed by atoms with E-state index in [0.29, 0.717) is 34.5 Å². The van der Waals surface area contributed by atoms with Crippen LogP contribution in [0.1, 0.15) is 0 Å². The third-order valence-corrected chi connectivity index (χ3v) is 16.7. The first-order valence-corrected chi connectivity index (χ1v) is 25.9. The average molecular weight is 877 g/mol. The highest BCUT2D eigenvalue weighted by Crippen LogP contribution is 2.45. The number of fused-ring (bicyclic) bond motifs is 4. The summed E-state index contributed by atoms with van der Waals surface area (Å²) in [5, 5.41) is 10.9. The summed E-state index contributed by atoms with van der Waals surface area (Å²) < 4.78 is 40.4. The van der Waals surface area contributed by atoms with Crippen LogP contribution in [0.5, 0.6) is 34.5 Å². The fourth-order valence-corrected chi connectivity index (χ4v) is 12.8. The molecule has 0 fully saturated rings. The van der Waals surface area contributed by atoms with Crippen LogP contribution in [0.15, 0.2) is 218 Å². The molecule has 0 atom stereocenters. The van der Waals surface area contributed by atoms with E-state index in [1.165, 1.54) is 0 Å². The molecule has 0 bridgehead atoms. The topological polar surface area (TPSA) is 55.4 Å². The molecule has 0 heterocycles. The van der Waals surface area contributed by atoms with Gasteiger partial charge in [-0.3, -0.25) is 0 Å². The molecule has 0 N–H and O–H groups in total. The molecule has 63 heavy (non-hydrogen) atoms. The third kappa shape index (κ3) is 9.05. The van der Waals surface area contributed by atoms with E-state index in [0.717, 1.165) is 53.5 Å². The van der Waals surface area contributed by atoms with E-state index in [1.54, 1.807) is 0 Å². The Morgan fingerprint density at radius 2 is 0.524 bits per heavy atom. The first kappa shape index (κ1) is 40.2. The average Bonchev–Trinajstić information content (AvgIpc) is 3.31. The predicted molar refractivity (Wildman–Crippen MR) is 263 cm³/mol. The lowest BCUT2D eigenvalue weighted by atomic mass is 10.1. The normalized spacial score (nSPS) is 11.6. The van der Waals surface area contributed by atoms with Gasteiger partial charge in [0.1, 0.15) is 42.6 Å². The molecule has 0 aliphatic rings. The molecule has 308 valence electrons. The van der Waals surface area contributed by atoms with Gasteiger partial charge in [-0.25, -0.2) is 0 Å². The van der Waals surface area contributed by atoms with Crippen LogP contribution in [0.4, 0.5) is 0 Å². The van der Waals surface area contributed by atoms with Crippen LogP contribution in [0, 0.1) is 0 Å². The second-order valence-electron chi connectivity index (χ2n) is 15.6. The van der Waals surface area contributed by atoms with Crippen molar-refractivity contribution >= 4 is 78.7 Å². The summed E-state index contributed by atoms with van der Waals surface area (Å²) in [7, 11) is -6.61. The first-order valence-electron chi connectivity index (χ1n) is 20.7. The minimum absolute atomic E-state index is 0.652. The van der Waals surface area contributed by atoms with E-state index in [9.17, 15) is 0 Å². The molecule has 10 rings (SSSR count). The summed E-state index contributed by atoms with van der Waals surface area (Å²) in [6.45, 7) is 4.59. The molecular formula is C54H42O6P2Si. The van der Waals surface area contributed by atoms with Gasteiger partial charge in [-0.1, -0.05) is 171 Å². The Morgan fingerprint density at radius 1 is 0.270 bits per heavy atom. The number of para-hydroxylation sites is 2. The zero-order chi connectivity index (χ0) is 42.6. The molecule has 0 spiro atoms. The highest BCUT2D eigenvalue weighted by Gasteiger charge is 2.35. The van der Waals surface area contributed by atoms with Gasteiger partial charge in [-0.15, -0.1) is 0 Å². The van der Waals surface area contributed by atoms with Crippen molar-refractivity contribution in [2.24, 2.45) is 0 Å². The highest BCUT2D eigenvalue weighted by molar-refractivity contribution is 7.43. The van der Waals surface area contributed by atoms with Crippen LogP contribution in [0.3, 0.4) is 0 Å². The second kappa shape index (κ2) is 17.8. The van der Waals surface area contributed by atoms with Gasteiger partial charge in [0.2, 0.25) is 0 Å². The number of rotatable bonds is 14. The Hall–Kier alpha value is -6.88. The first-order chi connectivity index (χ1) is 30.9. The van der Waals surface area contributed by atoms with Gasteiger partial charge < -0.3 is 27.1 Å². The van der Waals surface area contributed by atoms with Crippen LogP contribution >= 0.6 is 17.2 Å². The Labute approximate surface area is 370 Å². The van der Waals surface area contributed by atoms with Crippen molar-refractivity contribution in [3.05, 3.63) is 218 Å². The van der Waals surface area contributed by atoms with Crippen LogP contribution in [0.25, 0.3) is 43.1 Å². The SMILES string of the molecule is C[Si](C)(c1ccccc1OP(Oc1ccc2ccccc2c1)Oc1ccc2ccccc2c1)c1ccccc1OP(Oc1ccc2ccccc2c1)Oc1ccc2ccccc2c1. The molecule has 6 nitrogen and oxygen atoms in total. The van der Waals surface area contributed by atoms with Crippen molar-refractivity contribution in [3.8, 4) is 34.5 Å². The van der Waals surface area contributed by atoms with Crippen LogP contribution in [-0.4, -0.2) is 8.07 Å². The largest absolute Gasteiger partial charge is 0.530 e. The van der Waals surface area contributed by atoms with E-state index in [4.69, 9.17) is 27.1 Å². The number of hydrogen-bond acceptors (Lipinski definition) is 6. The molecule has 10 aromatic carbocycles. The van der Waals surface area contributed by atoms with E-state index < -0.39 is 25.3 Å². The van der Waals surface area contributed by atoms with Crippen LogP contribution < -0.4 is 37.5 Å². The summed E-state index contributed by atoms with van der Waals surface area (Å²) in [4.78, 5) is 0. The highest BCUT2D eigenvalue weighted by atomic mass is 31.2. The van der Waals surface area contributed by atoms with E-state index in [1.807, 2.05) is 121 Å².